The van der Waals surface area contributed by atoms with E-state index in [-0.39, 0.29) is 11.7 Å². The largest absolute Gasteiger partial charge is 0.357 e. The number of carbonyl (C=O) groups excluding carboxylic acids is 2. The van der Waals surface area contributed by atoms with Crippen LogP contribution in [0.2, 0.25) is 0 Å². The number of fused-ring (bicyclic) bond motifs is 3. The molecule has 5 N–H and O–H groups in total. The molecule has 0 saturated carbocycles. The van der Waals surface area contributed by atoms with Crippen molar-refractivity contribution in [3.8, 4) is 0 Å². The second-order valence-corrected chi connectivity index (χ2v) is 6.41. The number of hydrogen-bond acceptors (Lipinski definition) is 2. The smallest absolute Gasteiger partial charge is 0.322 e. The van der Waals surface area contributed by atoms with Crippen LogP contribution < -0.4 is 16.4 Å². The SMILES string of the molecule is NC(=O)Nc1cc(NC(=O)N2CCc3c([nH]c4ccccc34)C2)ccc1F. The number of benzene rings is 2. The summed E-state index contributed by atoms with van der Waals surface area (Å²) in [5.41, 5.74) is 8.63. The molecule has 1 aromatic heterocycles. The molecule has 2 heterocycles. The summed E-state index contributed by atoms with van der Waals surface area (Å²) in [6, 6.07) is 10.8. The van der Waals surface area contributed by atoms with Crippen LogP contribution in [-0.4, -0.2) is 28.5 Å². The third kappa shape index (κ3) is 3.29. The molecule has 0 bridgehead atoms. The maximum atomic E-state index is 13.7. The van der Waals surface area contributed by atoms with Crippen molar-refractivity contribution in [2.45, 2.75) is 13.0 Å². The monoisotopic (exact) mass is 367 g/mol. The molecule has 4 amide bonds. The summed E-state index contributed by atoms with van der Waals surface area (Å²) in [6.07, 6.45) is 0.755. The number of anilines is 2. The number of urea groups is 2. The number of rotatable bonds is 2. The lowest BCUT2D eigenvalue weighted by atomic mass is 10.0. The van der Waals surface area contributed by atoms with E-state index >= 15 is 0 Å². The van der Waals surface area contributed by atoms with Gasteiger partial charge < -0.3 is 26.3 Å². The van der Waals surface area contributed by atoms with Crippen molar-refractivity contribution >= 4 is 34.3 Å². The van der Waals surface area contributed by atoms with Crippen LogP contribution in [0, 0.1) is 5.82 Å². The first-order valence-electron chi connectivity index (χ1n) is 8.51. The Hall–Kier alpha value is -3.55. The Balaban J connectivity index is 1.50. The van der Waals surface area contributed by atoms with Crippen LogP contribution in [0.4, 0.5) is 25.4 Å². The predicted molar refractivity (Wildman–Crippen MR) is 101 cm³/mol. The molecule has 0 atom stereocenters. The third-order valence-electron chi connectivity index (χ3n) is 4.65. The Morgan fingerprint density at radius 1 is 1.15 bits per heavy atom. The number of amides is 4. The topological polar surface area (TPSA) is 103 Å². The third-order valence-corrected chi connectivity index (χ3v) is 4.65. The molecule has 1 aliphatic heterocycles. The van der Waals surface area contributed by atoms with E-state index < -0.39 is 11.8 Å². The van der Waals surface area contributed by atoms with Crippen molar-refractivity contribution in [1.29, 1.82) is 0 Å². The predicted octanol–water partition coefficient (Wildman–Crippen LogP) is 3.39. The van der Waals surface area contributed by atoms with E-state index in [1.807, 2.05) is 18.2 Å². The Morgan fingerprint density at radius 3 is 2.78 bits per heavy atom. The zero-order valence-electron chi connectivity index (χ0n) is 14.4. The summed E-state index contributed by atoms with van der Waals surface area (Å²) in [5, 5.41) is 6.11. The first-order chi connectivity index (χ1) is 13.0. The number of aromatic nitrogens is 1. The molecular formula is C19H18FN5O2. The van der Waals surface area contributed by atoms with Gasteiger partial charge >= 0.3 is 12.1 Å². The number of aromatic amines is 1. The lowest BCUT2D eigenvalue weighted by molar-refractivity contribution is 0.206. The van der Waals surface area contributed by atoms with Gasteiger partial charge in [-0.3, -0.25) is 0 Å². The molecule has 27 heavy (non-hydrogen) atoms. The highest BCUT2D eigenvalue weighted by Gasteiger charge is 2.24. The lowest BCUT2D eigenvalue weighted by Crippen LogP contribution is -2.38. The Kier molecular flexibility index (Phi) is 4.15. The molecule has 0 radical (unpaired) electrons. The molecule has 3 aromatic rings. The van der Waals surface area contributed by atoms with E-state index in [2.05, 4.69) is 21.7 Å². The second kappa shape index (κ2) is 6.64. The highest BCUT2D eigenvalue weighted by molar-refractivity contribution is 5.93. The maximum Gasteiger partial charge on any atom is 0.322 e. The standard InChI is InChI=1S/C19H18FN5O2/c20-14-6-5-11(9-16(14)24-18(21)26)22-19(27)25-8-7-13-12-3-1-2-4-15(12)23-17(13)10-25/h1-6,9,23H,7-8,10H2,(H,22,27)(H3,21,24,26). The molecular weight excluding hydrogens is 349 g/mol. The number of halogens is 1. The highest BCUT2D eigenvalue weighted by Crippen LogP contribution is 2.28. The first-order valence-corrected chi connectivity index (χ1v) is 8.51. The van der Waals surface area contributed by atoms with Crippen molar-refractivity contribution in [2.24, 2.45) is 5.73 Å². The molecule has 4 rings (SSSR count). The van der Waals surface area contributed by atoms with E-state index in [9.17, 15) is 14.0 Å². The number of hydrogen-bond donors (Lipinski definition) is 4. The van der Waals surface area contributed by atoms with E-state index in [1.54, 1.807) is 4.90 Å². The Labute approximate surface area is 154 Å². The fraction of sp³-hybridized carbons (Fsp3) is 0.158. The van der Waals surface area contributed by atoms with Gasteiger partial charge in [0, 0.05) is 28.8 Å². The minimum absolute atomic E-state index is 0.0863. The summed E-state index contributed by atoms with van der Waals surface area (Å²) >= 11 is 0. The molecule has 7 nitrogen and oxygen atoms in total. The van der Waals surface area contributed by atoms with Gasteiger partial charge in [0.2, 0.25) is 0 Å². The molecule has 0 spiro atoms. The normalized spacial score (nSPS) is 13.3. The molecule has 2 aromatic carbocycles. The number of carbonyl (C=O) groups is 2. The van der Waals surface area contributed by atoms with Crippen molar-refractivity contribution in [2.75, 3.05) is 17.2 Å². The lowest BCUT2D eigenvalue weighted by Gasteiger charge is -2.27. The van der Waals surface area contributed by atoms with Gasteiger partial charge in [0.15, 0.2) is 0 Å². The van der Waals surface area contributed by atoms with Crippen LogP contribution in [0.1, 0.15) is 11.3 Å². The average molecular weight is 367 g/mol. The number of nitrogens with two attached hydrogens (primary N) is 1. The Bertz CT molecular complexity index is 1050. The molecule has 138 valence electrons. The molecule has 1 aliphatic rings. The van der Waals surface area contributed by atoms with Crippen LogP contribution in [0.25, 0.3) is 10.9 Å². The van der Waals surface area contributed by atoms with Gasteiger partial charge in [-0.05, 0) is 36.2 Å². The van der Waals surface area contributed by atoms with E-state index in [1.165, 1.54) is 23.1 Å². The summed E-state index contributed by atoms with van der Waals surface area (Å²) in [6.45, 7) is 1.04. The Morgan fingerprint density at radius 2 is 1.96 bits per heavy atom. The summed E-state index contributed by atoms with van der Waals surface area (Å²) in [7, 11) is 0. The number of H-pyrrole nitrogens is 1. The minimum Gasteiger partial charge on any atom is -0.357 e. The van der Waals surface area contributed by atoms with Crippen LogP contribution in [0.5, 0.6) is 0 Å². The van der Waals surface area contributed by atoms with Crippen molar-refractivity contribution in [3.05, 3.63) is 59.5 Å². The number of nitrogens with zero attached hydrogens (tertiary/aromatic N) is 1. The molecule has 0 aliphatic carbocycles. The summed E-state index contributed by atoms with van der Waals surface area (Å²) in [4.78, 5) is 28.6. The zero-order valence-corrected chi connectivity index (χ0v) is 14.4. The molecule has 0 saturated heterocycles. The van der Waals surface area contributed by atoms with E-state index in [0.717, 1.165) is 23.7 Å². The van der Waals surface area contributed by atoms with Crippen LogP contribution in [0.3, 0.4) is 0 Å². The van der Waals surface area contributed by atoms with Crippen LogP contribution in [0.15, 0.2) is 42.5 Å². The van der Waals surface area contributed by atoms with Gasteiger partial charge in [-0.25, -0.2) is 14.0 Å². The van der Waals surface area contributed by atoms with Crippen molar-refractivity contribution in [3.63, 3.8) is 0 Å². The maximum absolute atomic E-state index is 13.7. The molecule has 8 heteroatoms. The van der Waals surface area contributed by atoms with Gasteiger partial charge in [0.05, 0.1) is 12.2 Å². The minimum atomic E-state index is -0.875. The summed E-state index contributed by atoms with van der Waals surface area (Å²) < 4.78 is 13.7. The van der Waals surface area contributed by atoms with Gasteiger partial charge in [-0.2, -0.15) is 0 Å². The molecule has 0 unspecified atom stereocenters. The van der Waals surface area contributed by atoms with Crippen molar-refractivity contribution in [1.82, 2.24) is 9.88 Å². The van der Waals surface area contributed by atoms with E-state index in [4.69, 9.17) is 5.73 Å². The zero-order chi connectivity index (χ0) is 19.0. The van der Waals surface area contributed by atoms with Crippen LogP contribution in [-0.2, 0) is 13.0 Å². The van der Waals surface area contributed by atoms with Gasteiger partial charge in [-0.1, -0.05) is 18.2 Å². The van der Waals surface area contributed by atoms with Gasteiger partial charge in [-0.15, -0.1) is 0 Å². The van der Waals surface area contributed by atoms with Gasteiger partial charge in [0.25, 0.3) is 0 Å². The van der Waals surface area contributed by atoms with Crippen LogP contribution >= 0.6 is 0 Å². The number of para-hydroxylation sites is 1. The summed E-state index contributed by atoms with van der Waals surface area (Å²) in [5.74, 6) is -0.632. The van der Waals surface area contributed by atoms with E-state index in [0.29, 0.717) is 18.8 Å². The second-order valence-electron chi connectivity index (χ2n) is 6.41. The fourth-order valence-corrected chi connectivity index (χ4v) is 3.40. The average Bonchev–Trinajstić information content (AvgIpc) is 3.01. The fourth-order valence-electron chi connectivity index (χ4n) is 3.40. The highest BCUT2D eigenvalue weighted by atomic mass is 19.1. The van der Waals surface area contributed by atoms with Gasteiger partial charge in [0.1, 0.15) is 5.82 Å². The molecule has 0 fully saturated rings. The number of nitrogens with one attached hydrogen (secondary N) is 3. The quantitative estimate of drug-likeness (QED) is 0.558. The van der Waals surface area contributed by atoms with Crippen molar-refractivity contribution < 1.29 is 14.0 Å². The number of primary amides is 1. The first kappa shape index (κ1) is 16.9.